The maximum Gasteiger partial charge on any atom is 0.331 e. The molecule has 0 bridgehead atoms. The van der Waals surface area contributed by atoms with E-state index in [2.05, 4.69) is 0 Å². The lowest BCUT2D eigenvalue weighted by molar-refractivity contribution is -0.134. The Bertz CT molecular complexity index is 805. The SMILES string of the molecule is O=C(CN1CCSC1=O)Oc1ccc(C(=O)c2ccc(F)cc2)cc1. The quantitative estimate of drug-likeness (QED) is 0.466. The van der Waals surface area contributed by atoms with E-state index in [9.17, 15) is 18.8 Å². The van der Waals surface area contributed by atoms with E-state index in [-0.39, 0.29) is 17.6 Å². The Hall–Kier alpha value is -2.67. The molecule has 5 nitrogen and oxygen atoms in total. The van der Waals surface area contributed by atoms with Crippen LogP contribution in [-0.4, -0.2) is 40.7 Å². The highest BCUT2D eigenvalue weighted by molar-refractivity contribution is 8.13. The number of rotatable bonds is 5. The van der Waals surface area contributed by atoms with Crippen LogP contribution in [0.25, 0.3) is 0 Å². The molecule has 128 valence electrons. The largest absolute Gasteiger partial charge is 0.425 e. The summed E-state index contributed by atoms with van der Waals surface area (Å²) in [5.41, 5.74) is 0.772. The second-order valence-corrected chi connectivity index (χ2v) is 6.42. The van der Waals surface area contributed by atoms with Crippen molar-refractivity contribution in [1.82, 2.24) is 4.90 Å². The highest BCUT2D eigenvalue weighted by atomic mass is 32.2. The predicted molar refractivity (Wildman–Crippen MR) is 91.3 cm³/mol. The first kappa shape index (κ1) is 17.2. The molecule has 2 aromatic rings. The Kier molecular flexibility index (Phi) is 5.14. The maximum atomic E-state index is 12.9. The van der Waals surface area contributed by atoms with Crippen LogP contribution < -0.4 is 4.74 Å². The highest BCUT2D eigenvalue weighted by Crippen LogP contribution is 2.19. The molecule has 1 aliphatic rings. The van der Waals surface area contributed by atoms with Crippen molar-refractivity contribution in [1.29, 1.82) is 0 Å². The third kappa shape index (κ3) is 4.24. The fraction of sp³-hybridized carbons (Fsp3) is 0.167. The maximum absolute atomic E-state index is 12.9. The van der Waals surface area contributed by atoms with Gasteiger partial charge in [0.25, 0.3) is 5.24 Å². The number of thioether (sulfide) groups is 1. The van der Waals surface area contributed by atoms with Crippen molar-refractivity contribution in [3.8, 4) is 5.75 Å². The van der Waals surface area contributed by atoms with Crippen molar-refractivity contribution >= 4 is 28.8 Å². The molecule has 0 aliphatic carbocycles. The molecule has 0 saturated carbocycles. The van der Waals surface area contributed by atoms with Crippen molar-refractivity contribution < 1.29 is 23.5 Å². The molecule has 0 spiro atoms. The number of benzene rings is 2. The van der Waals surface area contributed by atoms with Crippen molar-refractivity contribution in [3.63, 3.8) is 0 Å². The van der Waals surface area contributed by atoms with Gasteiger partial charge >= 0.3 is 5.97 Å². The standard InChI is InChI=1S/C18H14FNO4S/c19-14-5-1-12(2-6-14)17(22)13-3-7-15(8-4-13)24-16(21)11-20-9-10-25-18(20)23/h1-8H,9-11H2. The van der Waals surface area contributed by atoms with Gasteiger partial charge in [0.05, 0.1) is 0 Å². The lowest BCUT2D eigenvalue weighted by atomic mass is 10.0. The van der Waals surface area contributed by atoms with Crippen LogP contribution in [0.15, 0.2) is 48.5 Å². The van der Waals surface area contributed by atoms with Crippen LogP contribution in [0.3, 0.4) is 0 Å². The molecule has 1 fully saturated rings. The number of ketones is 1. The minimum atomic E-state index is -0.534. The lowest BCUT2D eigenvalue weighted by Gasteiger charge is -2.13. The van der Waals surface area contributed by atoms with Crippen molar-refractivity contribution in [2.75, 3.05) is 18.8 Å². The summed E-state index contributed by atoms with van der Waals surface area (Å²) in [4.78, 5) is 37.0. The zero-order valence-corrected chi connectivity index (χ0v) is 13.9. The lowest BCUT2D eigenvalue weighted by Crippen LogP contribution is -2.32. The van der Waals surface area contributed by atoms with Crippen LogP contribution in [0, 0.1) is 5.82 Å². The van der Waals surface area contributed by atoms with E-state index >= 15 is 0 Å². The molecular formula is C18H14FNO4S. The fourth-order valence-corrected chi connectivity index (χ4v) is 3.16. The molecule has 25 heavy (non-hydrogen) atoms. The summed E-state index contributed by atoms with van der Waals surface area (Å²) < 4.78 is 18.1. The van der Waals surface area contributed by atoms with Gasteiger partial charge < -0.3 is 9.64 Å². The van der Waals surface area contributed by atoms with Gasteiger partial charge in [-0.05, 0) is 48.5 Å². The number of carbonyl (C=O) groups is 3. The second-order valence-electron chi connectivity index (χ2n) is 5.37. The van der Waals surface area contributed by atoms with Crippen molar-refractivity contribution in [2.45, 2.75) is 0 Å². The normalized spacial score (nSPS) is 13.8. The molecule has 0 atom stereocenters. The molecule has 1 aliphatic heterocycles. The zero-order chi connectivity index (χ0) is 17.8. The van der Waals surface area contributed by atoms with Gasteiger partial charge in [0.2, 0.25) is 0 Å². The van der Waals surface area contributed by atoms with E-state index in [0.717, 1.165) is 0 Å². The van der Waals surface area contributed by atoms with Crippen LogP contribution in [0.1, 0.15) is 15.9 Å². The number of carbonyl (C=O) groups excluding carboxylic acids is 3. The van der Waals surface area contributed by atoms with E-state index in [4.69, 9.17) is 4.74 Å². The van der Waals surface area contributed by atoms with Gasteiger partial charge in [-0.3, -0.25) is 9.59 Å². The van der Waals surface area contributed by atoms with Crippen LogP contribution >= 0.6 is 11.8 Å². The van der Waals surface area contributed by atoms with Crippen LogP contribution in [0.2, 0.25) is 0 Å². The Morgan fingerprint density at radius 3 is 2.20 bits per heavy atom. The van der Waals surface area contributed by atoms with Gasteiger partial charge in [-0.25, -0.2) is 9.18 Å². The van der Waals surface area contributed by atoms with E-state index in [0.29, 0.717) is 29.2 Å². The van der Waals surface area contributed by atoms with Crippen LogP contribution in [0.4, 0.5) is 9.18 Å². The zero-order valence-electron chi connectivity index (χ0n) is 13.1. The molecule has 2 aromatic carbocycles. The topological polar surface area (TPSA) is 63.7 Å². The molecule has 0 N–H and O–H groups in total. The summed E-state index contributed by atoms with van der Waals surface area (Å²) >= 11 is 1.18. The van der Waals surface area contributed by atoms with Crippen LogP contribution in [0.5, 0.6) is 5.75 Å². The molecule has 1 saturated heterocycles. The molecule has 0 radical (unpaired) electrons. The molecular weight excluding hydrogens is 345 g/mol. The monoisotopic (exact) mass is 359 g/mol. The van der Waals surface area contributed by atoms with Gasteiger partial charge in [0.1, 0.15) is 18.1 Å². The van der Waals surface area contributed by atoms with Gasteiger partial charge in [-0.15, -0.1) is 0 Å². The minimum absolute atomic E-state index is 0.0951. The second kappa shape index (κ2) is 7.48. The summed E-state index contributed by atoms with van der Waals surface area (Å²) in [6, 6.07) is 11.4. The van der Waals surface area contributed by atoms with E-state index in [1.54, 1.807) is 0 Å². The van der Waals surface area contributed by atoms with Gasteiger partial charge in [-0.1, -0.05) is 11.8 Å². The van der Waals surface area contributed by atoms with E-state index in [1.165, 1.54) is 65.2 Å². The Morgan fingerprint density at radius 2 is 1.64 bits per heavy atom. The smallest absolute Gasteiger partial charge is 0.331 e. The summed E-state index contributed by atoms with van der Waals surface area (Å²) in [5.74, 6) is -0.230. The van der Waals surface area contributed by atoms with E-state index in [1.807, 2.05) is 0 Å². The number of hydrogen-bond donors (Lipinski definition) is 0. The average molecular weight is 359 g/mol. The number of hydrogen-bond acceptors (Lipinski definition) is 5. The number of halogens is 1. The number of ether oxygens (including phenoxy) is 1. The summed E-state index contributed by atoms with van der Waals surface area (Å²) in [6.45, 7) is 0.436. The Balaban J connectivity index is 1.61. The number of esters is 1. The first-order chi connectivity index (χ1) is 12.0. The third-order valence-corrected chi connectivity index (χ3v) is 4.51. The molecule has 7 heteroatoms. The number of amides is 1. The summed E-state index contributed by atoms with van der Waals surface area (Å²) in [7, 11) is 0. The van der Waals surface area contributed by atoms with Crippen LogP contribution in [-0.2, 0) is 4.79 Å². The van der Waals surface area contributed by atoms with Crippen molar-refractivity contribution in [2.24, 2.45) is 0 Å². The predicted octanol–water partition coefficient (Wildman–Crippen LogP) is 3.13. The molecule has 1 amide bonds. The molecule has 1 heterocycles. The van der Waals surface area contributed by atoms with Gasteiger partial charge in [0, 0.05) is 23.4 Å². The first-order valence-corrected chi connectivity index (χ1v) is 8.54. The fourth-order valence-electron chi connectivity index (χ4n) is 2.33. The molecule has 0 aromatic heterocycles. The molecule has 3 rings (SSSR count). The Morgan fingerprint density at radius 1 is 1.04 bits per heavy atom. The van der Waals surface area contributed by atoms with Crippen molar-refractivity contribution in [3.05, 3.63) is 65.5 Å². The molecule has 0 unspecified atom stereocenters. The first-order valence-electron chi connectivity index (χ1n) is 7.55. The highest BCUT2D eigenvalue weighted by Gasteiger charge is 2.24. The Labute approximate surface area is 147 Å². The van der Waals surface area contributed by atoms with E-state index < -0.39 is 11.8 Å². The summed E-state index contributed by atoms with van der Waals surface area (Å²) in [6.07, 6.45) is 0. The third-order valence-electron chi connectivity index (χ3n) is 3.62. The average Bonchev–Trinajstić information content (AvgIpc) is 3.00. The number of nitrogens with zero attached hydrogens (tertiary/aromatic N) is 1. The van der Waals surface area contributed by atoms with Gasteiger partial charge in [-0.2, -0.15) is 0 Å². The minimum Gasteiger partial charge on any atom is -0.425 e. The van der Waals surface area contributed by atoms with Gasteiger partial charge in [0.15, 0.2) is 5.78 Å². The summed E-state index contributed by atoms with van der Waals surface area (Å²) in [5, 5.41) is -0.128.